The summed E-state index contributed by atoms with van der Waals surface area (Å²) in [6.07, 6.45) is 0. The second-order valence-electron chi connectivity index (χ2n) is 8.46. The molecule has 0 saturated carbocycles. The van der Waals surface area contributed by atoms with Crippen LogP contribution in [0.2, 0.25) is 0 Å². The molecule has 2 N–H and O–H groups in total. The van der Waals surface area contributed by atoms with E-state index in [-0.39, 0.29) is 23.2 Å². The van der Waals surface area contributed by atoms with Crippen molar-refractivity contribution in [1.29, 1.82) is 0 Å². The number of amides is 3. The Hall–Kier alpha value is -3.62. The molecule has 0 atom stereocenters. The Morgan fingerprint density at radius 3 is 2.03 bits per heavy atom. The predicted octanol–water partition coefficient (Wildman–Crippen LogP) is 3.48. The minimum atomic E-state index is -0.421. The van der Waals surface area contributed by atoms with Crippen molar-refractivity contribution in [3.05, 3.63) is 64.2 Å². The van der Waals surface area contributed by atoms with Gasteiger partial charge in [-0.25, -0.2) is 4.79 Å². The number of carbonyl (C=O) groups is 2. The number of anilines is 2. The number of nitro groups is 1. The molecule has 1 aliphatic rings. The molecule has 31 heavy (non-hydrogen) atoms. The highest BCUT2D eigenvalue weighted by Crippen LogP contribution is 2.21. The standard InChI is InChI=1S/C22H27N5O4/c1-22(2,3)24-20(28)16-4-6-17(7-5-16)23-21(29)26-14-12-25(13-15-26)18-8-10-19(11-9-18)27(30)31/h4-11H,12-15H2,1-3H3,(H,23,29)(H,24,28). The first-order chi connectivity index (χ1) is 14.6. The van der Waals surface area contributed by atoms with E-state index in [1.807, 2.05) is 20.8 Å². The number of rotatable bonds is 4. The molecule has 2 aromatic carbocycles. The molecule has 0 aromatic heterocycles. The highest BCUT2D eigenvalue weighted by Gasteiger charge is 2.22. The fraction of sp³-hybridized carbons (Fsp3) is 0.364. The van der Waals surface area contributed by atoms with E-state index in [1.54, 1.807) is 41.3 Å². The minimum absolute atomic E-state index is 0.0590. The van der Waals surface area contributed by atoms with Gasteiger partial charge >= 0.3 is 6.03 Å². The van der Waals surface area contributed by atoms with Crippen LogP contribution in [0, 0.1) is 10.1 Å². The molecule has 9 nitrogen and oxygen atoms in total. The number of carbonyl (C=O) groups excluding carboxylic acids is 2. The first-order valence-electron chi connectivity index (χ1n) is 10.1. The van der Waals surface area contributed by atoms with Crippen LogP contribution in [0.5, 0.6) is 0 Å². The van der Waals surface area contributed by atoms with Gasteiger partial charge in [0.1, 0.15) is 0 Å². The van der Waals surface area contributed by atoms with E-state index in [0.717, 1.165) is 5.69 Å². The first-order valence-corrected chi connectivity index (χ1v) is 10.1. The third-order valence-electron chi connectivity index (χ3n) is 4.88. The molecule has 0 bridgehead atoms. The van der Waals surface area contributed by atoms with Crippen molar-refractivity contribution in [2.75, 3.05) is 36.4 Å². The highest BCUT2D eigenvalue weighted by molar-refractivity contribution is 5.96. The third-order valence-corrected chi connectivity index (χ3v) is 4.88. The Morgan fingerprint density at radius 1 is 0.935 bits per heavy atom. The maximum Gasteiger partial charge on any atom is 0.321 e. The number of piperazine rings is 1. The second-order valence-corrected chi connectivity index (χ2v) is 8.46. The van der Waals surface area contributed by atoms with E-state index in [4.69, 9.17) is 0 Å². The molecule has 164 valence electrons. The lowest BCUT2D eigenvalue weighted by atomic mass is 10.1. The maximum atomic E-state index is 12.6. The van der Waals surface area contributed by atoms with Gasteiger partial charge in [-0.2, -0.15) is 0 Å². The Balaban J connectivity index is 1.52. The van der Waals surface area contributed by atoms with Crippen LogP contribution < -0.4 is 15.5 Å². The molecule has 0 unspecified atom stereocenters. The van der Waals surface area contributed by atoms with Crippen LogP contribution in [-0.2, 0) is 0 Å². The van der Waals surface area contributed by atoms with Crippen LogP contribution in [0.4, 0.5) is 21.9 Å². The molecule has 0 radical (unpaired) electrons. The summed E-state index contributed by atoms with van der Waals surface area (Å²) in [6, 6.07) is 13.0. The average Bonchev–Trinajstić information content (AvgIpc) is 2.73. The molecule has 0 aliphatic carbocycles. The molecule has 3 rings (SSSR count). The monoisotopic (exact) mass is 425 g/mol. The van der Waals surface area contributed by atoms with E-state index in [2.05, 4.69) is 15.5 Å². The number of nitro benzene ring substituents is 1. The van der Waals surface area contributed by atoms with Gasteiger partial charge < -0.3 is 20.4 Å². The topological polar surface area (TPSA) is 108 Å². The highest BCUT2D eigenvalue weighted by atomic mass is 16.6. The van der Waals surface area contributed by atoms with Crippen molar-refractivity contribution in [2.24, 2.45) is 0 Å². The molecular formula is C22H27N5O4. The molecule has 1 heterocycles. The van der Waals surface area contributed by atoms with Gasteiger partial charge in [0.25, 0.3) is 11.6 Å². The zero-order valence-corrected chi connectivity index (χ0v) is 17.9. The number of hydrogen-bond donors (Lipinski definition) is 2. The van der Waals surface area contributed by atoms with Gasteiger partial charge in [0.2, 0.25) is 0 Å². The number of urea groups is 1. The van der Waals surface area contributed by atoms with Crippen LogP contribution in [0.3, 0.4) is 0 Å². The zero-order chi connectivity index (χ0) is 22.6. The normalized spacial score (nSPS) is 14.2. The summed E-state index contributed by atoms with van der Waals surface area (Å²) in [4.78, 5) is 39.0. The van der Waals surface area contributed by atoms with Gasteiger partial charge in [-0.3, -0.25) is 14.9 Å². The third kappa shape index (κ3) is 5.94. The summed E-state index contributed by atoms with van der Waals surface area (Å²) >= 11 is 0. The maximum absolute atomic E-state index is 12.6. The summed E-state index contributed by atoms with van der Waals surface area (Å²) in [5.74, 6) is -0.159. The SMILES string of the molecule is CC(C)(C)NC(=O)c1ccc(NC(=O)N2CCN(c3ccc([N+](=O)[O-])cc3)CC2)cc1. The lowest BCUT2D eigenvalue weighted by Crippen LogP contribution is -2.50. The van der Waals surface area contributed by atoms with E-state index in [0.29, 0.717) is 37.4 Å². The molecule has 9 heteroatoms. The Morgan fingerprint density at radius 2 is 1.52 bits per heavy atom. The van der Waals surface area contributed by atoms with E-state index < -0.39 is 4.92 Å². The number of benzene rings is 2. The number of nitrogens with one attached hydrogen (secondary N) is 2. The Bertz CT molecular complexity index is 943. The van der Waals surface area contributed by atoms with Crippen molar-refractivity contribution in [2.45, 2.75) is 26.3 Å². The summed E-state index contributed by atoms with van der Waals surface area (Å²) in [7, 11) is 0. The lowest BCUT2D eigenvalue weighted by molar-refractivity contribution is -0.384. The van der Waals surface area contributed by atoms with Gasteiger partial charge in [-0.15, -0.1) is 0 Å². The average molecular weight is 425 g/mol. The molecular weight excluding hydrogens is 398 g/mol. The van der Waals surface area contributed by atoms with Crippen molar-refractivity contribution >= 4 is 29.0 Å². The summed E-state index contributed by atoms with van der Waals surface area (Å²) in [5, 5.41) is 16.5. The van der Waals surface area contributed by atoms with Crippen LogP contribution in [0.1, 0.15) is 31.1 Å². The van der Waals surface area contributed by atoms with Crippen molar-refractivity contribution < 1.29 is 14.5 Å². The summed E-state index contributed by atoms with van der Waals surface area (Å²) in [5.41, 5.74) is 1.79. The van der Waals surface area contributed by atoms with Crippen LogP contribution >= 0.6 is 0 Å². The van der Waals surface area contributed by atoms with Crippen LogP contribution in [0.25, 0.3) is 0 Å². The number of hydrogen-bond acceptors (Lipinski definition) is 5. The van der Waals surface area contributed by atoms with Crippen LogP contribution in [0.15, 0.2) is 48.5 Å². The zero-order valence-electron chi connectivity index (χ0n) is 17.9. The molecule has 1 saturated heterocycles. The van der Waals surface area contributed by atoms with E-state index in [9.17, 15) is 19.7 Å². The molecule has 2 aromatic rings. The van der Waals surface area contributed by atoms with Gasteiger partial charge in [0, 0.05) is 60.8 Å². The second kappa shape index (κ2) is 9.03. The number of nitrogens with zero attached hydrogens (tertiary/aromatic N) is 3. The largest absolute Gasteiger partial charge is 0.368 e. The van der Waals surface area contributed by atoms with Gasteiger partial charge in [-0.1, -0.05) is 0 Å². The van der Waals surface area contributed by atoms with Crippen molar-refractivity contribution in [3.63, 3.8) is 0 Å². The predicted molar refractivity (Wildman–Crippen MR) is 120 cm³/mol. The smallest absolute Gasteiger partial charge is 0.321 e. The fourth-order valence-corrected chi connectivity index (χ4v) is 3.27. The van der Waals surface area contributed by atoms with E-state index >= 15 is 0 Å². The Labute approximate surface area is 181 Å². The van der Waals surface area contributed by atoms with Gasteiger partial charge in [0.05, 0.1) is 4.92 Å². The van der Waals surface area contributed by atoms with Gasteiger partial charge in [-0.05, 0) is 57.2 Å². The lowest BCUT2D eigenvalue weighted by Gasteiger charge is -2.36. The minimum Gasteiger partial charge on any atom is -0.368 e. The quantitative estimate of drug-likeness (QED) is 0.576. The van der Waals surface area contributed by atoms with E-state index in [1.165, 1.54) is 12.1 Å². The molecule has 1 aliphatic heterocycles. The van der Waals surface area contributed by atoms with Crippen molar-refractivity contribution in [3.8, 4) is 0 Å². The molecule has 0 spiro atoms. The fourth-order valence-electron chi connectivity index (χ4n) is 3.27. The molecule has 1 fully saturated rings. The number of non-ortho nitro benzene ring substituents is 1. The van der Waals surface area contributed by atoms with Gasteiger partial charge in [0.15, 0.2) is 0 Å². The first kappa shape index (κ1) is 22.1. The molecule has 3 amide bonds. The van der Waals surface area contributed by atoms with Crippen LogP contribution in [-0.4, -0.2) is 53.5 Å². The Kier molecular flexibility index (Phi) is 6.43. The van der Waals surface area contributed by atoms with Crippen molar-refractivity contribution in [1.82, 2.24) is 10.2 Å². The summed E-state index contributed by atoms with van der Waals surface area (Å²) in [6.45, 7) is 8.10. The summed E-state index contributed by atoms with van der Waals surface area (Å²) < 4.78 is 0.